The van der Waals surface area contributed by atoms with E-state index in [-0.39, 0.29) is 0 Å². The summed E-state index contributed by atoms with van der Waals surface area (Å²) in [6.45, 7) is 10.4. The molecule has 2 aromatic rings. The van der Waals surface area contributed by atoms with Crippen molar-refractivity contribution in [2.24, 2.45) is 0 Å². The largest absolute Gasteiger partial charge is 0.528 e. The van der Waals surface area contributed by atoms with Crippen LogP contribution in [0.25, 0.3) is 5.69 Å². The first-order valence-electron chi connectivity index (χ1n) is 12.2. The van der Waals surface area contributed by atoms with Crippen LogP contribution in [0.5, 0.6) is 0 Å². The molecule has 2 heterocycles. The minimum atomic E-state index is -0.746. The van der Waals surface area contributed by atoms with Gasteiger partial charge in [-0.2, -0.15) is 0 Å². The lowest BCUT2D eigenvalue weighted by Crippen LogP contribution is -2.31. The molecule has 0 amide bonds. The number of nitrogens with zero attached hydrogens (tertiary/aromatic N) is 4. The highest BCUT2D eigenvalue weighted by molar-refractivity contribution is 6.30. The molecule has 1 aliphatic heterocycles. The van der Waals surface area contributed by atoms with E-state index in [0.29, 0.717) is 36.2 Å². The predicted molar refractivity (Wildman–Crippen MR) is 129 cm³/mol. The van der Waals surface area contributed by atoms with E-state index in [9.17, 15) is 4.79 Å². The molecule has 0 bridgehead atoms. The summed E-state index contributed by atoms with van der Waals surface area (Å²) < 4.78 is 13.6. The van der Waals surface area contributed by atoms with E-state index >= 15 is 0 Å². The Kier molecular flexibility index (Phi) is 7.50. The first-order chi connectivity index (χ1) is 16.1. The van der Waals surface area contributed by atoms with E-state index in [4.69, 9.17) is 25.9 Å². The fourth-order valence-corrected chi connectivity index (χ4v) is 4.78. The molecule has 2 aliphatic rings. The Labute approximate surface area is 206 Å². The quantitative estimate of drug-likeness (QED) is 0.479. The molecule has 0 N–H and O–H groups in total. The van der Waals surface area contributed by atoms with E-state index in [0.717, 1.165) is 55.0 Å². The van der Waals surface area contributed by atoms with Crippen molar-refractivity contribution in [3.8, 4) is 5.69 Å². The van der Waals surface area contributed by atoms with Crippen LogP contribution in [0.2, 0.25) is 5.02 Å². The van der Waals surface area contributed by atoms with Crippen LogP contribution in [0.3, 0.4) is 0 Å². The molecule has 1 aliphatic carbocycles. The number of halogens is 1. The van der Waals surface area contributed by atoms with Gasteiger partial charge in [-0.15, -0.1) is 15.3 Å². The Morgan fingerprint density at radius 2 is 1.91 bits per heavy atom. The summed E-state index contributed by atoms with van der Waals surface area (Å²) in [4.78, 5) is 17.9. The van der Waals surface area contributed by atoms with Crippen molar-refractivity contribution < 1.29 is 19.1 Å². The molecule has 1 atom stereocenters. The zero-order valence-electron chi connectivity index (χ0n) is 20.7. The van der Waals surface area contributed by atoms with Crippen LogP contribution in [-0.4, -0.2) is 43.8 Å². The second-order valence-electron chi connectivity index (χ2n) is 10.3. The molecule has 0 saturated heterocycles. The van der Waals surface area contributed by atoms with Crippen LogP contribution in [0.4, 0.5) is 4.79 Å². The minimum Gasteiger partial charge on any atom is -0.427 e. The maximum absolute atomic E-state index is 12.3. The lowest BCUT2D eigenvalue weighted by molar-refractivity contribution is -0.155. The number of aromatic nitrogens is 3. The molecule has 34 heavy (non-hydrogen) atoms. The number of carbonyl (C=O) groups excluding carboxylic acids is 1. The zero-order chi connectivity index (χ0) is 24.5. The van der Waals surface area contributed by atoms with Crippen molar-refractivity contribution in [3.63, 3.8) is 0 Å². The topological polar surface area (TPSA) is 78.7 Å². The first-order valence-corrected chi connectivity index (χ1v) is 12.5. The number of hydrogen-bond acceptors (Lipinski definition) is 7. The summed E-state index contributed by atoms with van der Waals surface area (Å²) in [6, 6.07) is 5.76. The summed E-state index contributed by atoms with van der Waals surface area (Å²) >= 11 is 6.32. The van der Waals surface area contributed by atoms with Gasteiger partial charge in [-0.3, -0.25) is 4.57 Å². The zero-order valence-corrected chi connectivity index (χ0v) is 21.5. The van der Waals surface area contributed by atoms with Gasteiger partial charge < -0.3 is 14.3 Å². The van der Waals surface area contributed by atoms with Crippen molar-refractivity contribution in [3.05, 3.63) is 40.4 Å². The van der Waals surface area contributed by atoms with Gasteiger partial charge >= 0.3 is 6.16 Å². The van der Waals surface area contributed by atoms with Crippen LogP contribution < -0.4 is 0 Å². The van der Waals surface area contributed by atoms with E-state index in [1.807, 2.05) is 18.2 Å². The molecule has 1 aromatic heterocycles. The number of carbonyl (C=O) groups is 1. The third-order valence-corrected chi connectivity index (χ3v) is 6.57. The lowest BCUT2D eigenvalue weighted by atomic mass is 9.86. The second-order valence-corrected chi connectivity index (χ2v) is 10.7. The van der Waals surface area contributed by atoms with Gasteiger partial charge in [-0.05, 0) is 83.6 Å². The standard InChI is InChI=1S/C25H35ClN4O4/c1-6-16(2)32-20-10-7-17(8-11-20)23-28-27-22-15-29(34-24(31)33-25(3,4)5)14-18-13-19(26)9-12-21(18)30(22)23/h9,12-13,16-17,20H,6-8,10-11,14-15H2,1-5H3/t16?,17-,20-. The summed E-state index contributed by atoms with van der Waals surface area (Å²) in [5.74, 6) is 1.96. The number of rotatable bonds is 5. The van der Waals surface area contributed by atoms with Gasteiger partial charge in [0, 0.05) is 10.9 Å². The van der Waals surface area contributed by atoms with E-state index < -0.39 is 11.8 Å². The van der Waals surface area contributed by atoms with Gasteiger partial charge in [0.1, 0.15) is 11.4 Å². The molecule has 8 nitrogen and oxygen atoms in total. The molecule has 1 unspecified atom stereocenters. The normalized spacial score (nSPS) is 21.8. The maximum Gasteiger partial charge on any atom is 0.528 e. The SMILES string of the molecule is CCC(C)O[C@H]1CC[C@H](c2nnc3n2-c2ccc(Cl)cc2CN(OC(=O)OC(C)(C)C)C3)CC1. The highest BCUT2D eigenvalue weighted by Crippen LogP contribution is 2.37. The summed E-state index contributed by atoms with van der Waals surface area (Å²) in [7, 11) is 0. The highest BCUT2D eigenvalue weighted by Gasteiger charge is 2.32. The Hall–Kier alpha value is -2.16. The molecular formula is C25H35ClN4O4. The summed E-state index contributed by atoms with van der Waals surface area (Å²) in [5.41, 5.74) is 1.26. The monoisotopic (exact) mass is 490 g/mol. The molecule has 186 valence electrons. The van der Waals surface area contributed by atoms with Crippen LogP contribution >= 0.6 is 11.6 Å². The third-order valence-electron chi connectivity index (χ3n) is 6.33. The average molecular weight is 491 g/mol. The number of hydroxylamine groups is 2. The second kappa shape index (κ2) is 10.2. The Bertz CT molecular complexity index is 1010. The molecule has 1 saturated carbocycles. The molecule has 4 rings (SSSR count). The van der Waals surface area contributed by atoms with Crippen molar-refractivity contribution >= 4 is 17.8 Å². The van der Waals surface area contributed by atoms with Gasteiger partial charge in [-0.1, -0.05) is 18.5 Å². The van der Waals surface area contributed by atoms with E-state index in [1.54, 1.807) is 25.8 Å². The van der Waals surface area contributed by atoms with Gasteiger partial charge in [-0.25, -0.2) is 4.79 Å². The summed E-state index contributed by atoms with van der Waals surface area (Å²) in [5, 5.41) is 11.3. The average Bonchev–Trinajstić information content (AvgIpc) is 3.09. The molecule has 0 radical (unpaired) electrons. The minimum absolute atomic E-state index is 0.290. The maximum atomic E-state index is 12.3. The van der Waals surface area contributed by atoms with Gasteiger partial charge in [0.15, 0.2) is 5.82 Å². The molecule has 9 heteroatoms. The molecule has 1 fully saturated rings. The molecule has 1 aromatic carbocycles. The van der Waals surface area contributed by atoms with E-state index in [2.05, 4.69) is 28.6 Å². The Morgan fingerprint density at radius 1 is 1.18 bits per heavy atom. The predicted octanol–water partition coefficient (Wildman–Crippen LogP) is 5.94. The highest BCUT2D eigenvalue weighted by atomic mass is 35.5. The van der Waals surface area contributed by atoms with Crippen LogP contribution in [0, 0.1) is 0 Å². The third kappa shape index (κ3) is 5.90. The first kappa shape index (κ1) is 24.9. The summed E-state index contributed by atoms with van der Waals surface area (Å²) in [6.07, 6.45) is 4.90. The van der Waals surface area contributed by atoms with Gasteiger partial charge in [0.25, 0.3) is 0 Å². The van der Waals surface area contributed by atoms with Crippen LogP contribution in [-0.2, 0) is 27.4 Å². The van der Waals surface area contributed by atoms with Gasteiger partial charge in [0.2, 0.25) is 0 Å². The van der Waals surface area contributed by atoms with E-state index in [1.165, 1.54) is 0 Å². The Morgan fingerprint density at radius 3 is 2.59 bits per heavy atom. The Balaban J connectivity index is 1.57. The molecular weight excluding hydrogens is 456 g/mol. The number of benzene rings is 1. The number of hydrogen-bond donors (Lipinski definition) is 0. The fraction of sp³-hybridized carbons (Fsp3) is 0.640. The number of fused-ring (bicyclic) bond motifs is 3. The molecule has 0 spiro atoms. The lowest BCUT2D eigenvalue weighted by Gasteiger charge is -2.30. The van der Waals surface area contributed by atoms with Crippen molar-refractivity contribution in [1.82, 2.24) is 19.8 Å². The fourth-order valence-electron chi connectivity index (χ4n) is 4.58. The van der Waals surface area contributed by atoms with Crippen LogP contribution in [0.1, 0.15) is 89.9 Å². The van der Waals surface area contributed by atoms with Crippen molar-refractivity contribution in [2.45, 2.75) is 104 Å². The smallest absolute Gasteiger partial charge is 0.427 e. The van der Waals surface area contributed by atoms with Crippen molar-refractivity contribution in [1.29, 1.82) is 0 Å². The van der Waals surface area contributed by atoms with Crippen LogP contribution in [0.15, 0.2) is 18.2 Å². The number of ether oxygens (including phenoxy) is 2. The van der Waals surface area contributed by atoms with Crippen molar-refractivity contribution in [2.75, 3.05) is 0 Å². The van der Waals surface area contributed by atoms with Gasteiger partial charge in [0.05, 0.1) is 31.0 Å².